The maximum atomic E-state index is 10.6. The molecule has 0 saturated heterocycles. The van der Waals surface area contributed by atoms with E-state index in [0.717, 1.165) is 24.8 Å². The molecule has 0 amide bonds. The standard InChI is InChI=1S/C15H25NO4/c1-11(20-10-13(17)9-16)14-7-3-2-5-12(14)6-4-8-15(18)19/h5,7,11,13,17H,2-4,6,8-10,16H2,1H3,(H,18,19)/t11-,13-/m1/s1. The Morgan fingerprint density at radius 2 is 2.15 bits per heavy atom. The summed E-state index contributed by atoms with van der Waals surface area (Å²) in [6.07, 6.45) is 7.11. The molecular formula is C15H25NO4. The highest BCUT2D eigenvalue weighted by Gasteiger charge is 2.17. The van der Waals surface area contributed by atoms with Crippen molar-refractivity contribution in [1.29, 1.82) is 0 Å². The van der Waals surface area contributed by atoms with Gasteiger partial charge in [-0.3, -0.25) is 4.79 Å². The van der Waals surface area contributed by atoms with E-state index in [9.17, 15) is 9.90 Å². The largest absolute Gasteiger partial charge is 0.481 e. The first-order valence-electron chi connectivity index (χ1n) is 7.15. The van der Waals surface area contributed by atoms with E-state index in [4.69, 9.17) is 15.6 Å². The van der Waals surface area contributed by atoms with Crippen LogP contribution in [0.3, 0.4) is 0 Å². The van der Waals surface area contributed by atoms with Gasteiger partial charge in [0.1, 0.15) is 0 Å². The molecule has 0 bridgehead atoms. The fourth-order valence-electron chi connectivity index (χ4n) is 2.26. The van der Waals surface area contributed by atoms with Crippen LogP contribution in [0.15, 0.2) is 23.3 Å². The summed E-state index contributed by atoms with van der Waals surface area (Å²) in [5.41, 5.74) is 7.64. The summed E-state index contributed by atoms with van der Waals surface area (Å²) in [6, 6.07) is 0. The highest BCUT2D eigenvalue weighted by atomic mass is 16.5. The molecule has 0 aromatic heterocycles. The number of carbonyl (C=O) groups is 1. The van der Waals surface area contributed by atoms with E-state index in [1.54, 1.807) is 0 Å². The number of nitrogens with two attached hydrogens (primary N) is 1. The summed E-state index contributed by atoms with van der Waals surface area (Å²) in [5.74, 6) is -0.762. The first-order chi connectivity index (χ1) is 9.54. The molecule has 1 rings (SSSR count). The molecule has 1 aliphatic rings. The van der Waals surface area contributed by atoms with E-state index in [0.29, 0.717) is 6.42 Å². The monoisotopic (exact) mass is 283 g/mol. The molecule has 0 saturated carbocycles. The summed E-state index contributed by atoms with van der Waals surface area (Å²) < 4.78 is 5.64. The van der Waals surface area contributed by atoms with Crippen molar-refractivity contribution in [3.05, 3.63) is 23.3 Å². The molecule has 0 spiro atoms. The molecular weight excluding hydrogens is 258 g/mol. The Hall–Kier alpha value is -1.17. The minimum atomic E-state index is -0.762. The van der Waals surface area contributed by atoms with Crippen LogP contribution in [0.5, 0.6) is 0 Å². The van der Waals surface area contributed by atoms with Crippen LogP contribution in [0, 0.1) is 0 Å². The number of aliphatic carboxylic acids is 1. The Balaban J connectivity index is 2.50. The molecule has 2 atom stereocenters. The van der Waals surface area contributed by atoms with E-state index in [1.165, 1.54) is 5.57 Å². The van der Waals surface area contributed by atoms with E-state index in [-0.39, 0.29) is 25.7 Å². The quantitative estimate of drug-likeness (QED) is 0.598. The number of rotatable bonds is 9. The molecule has 5 nitrogen and oxygen atoms in total. The minimum absolute atomic E-state index is 0.104. The lowest BCUT2D eigenvalue weighted by Crippen LogP contribution is -2.28. The van der Waals surface area contributed by atoms with Crippen LogP contribution in [0.2, 0.25) is 0 Å². The van der Waals surface area contributed by atoms with Gasteiger partial charge < -0.3 is 20.7 Å². The molecule has 20 heavy (non-hydrogen) atoms. The van der Waals surface area contributed by atoms with Crippen LogP contribution in [0.25, 0.3) is 0 Å². The van der Waals surface area contributed by atoms with Crippen molar-refractivity contribution in [1.82, 2.24) is 0 Å². The van der Waals surface area contributed by atoms with Crippen molar-refractivity contribution in [2.45, 2.75) is 51.2 Å². The zero-order chi connectivity index (χ0) is 15.0. The Morgan fingerprint density at radius 3 is 2.80 bits per heavy atom. The first-order valence-corrected chi connectivity index (χ1v) is 7.15. The molecule has 0 aromatic rings. The SMILES string of the molecule is C[C@@H](OC[C@H](O)CN)C1=CCCC=C1CCCC(=O)O. The van der Waals surface area contributed by atoms with Crippen molar-refractivity contribution < 1.29 is 19.7 Å². The lowest BCUT2D eigenvalue weighted by Gasteiger charge is -2.23. The number of hydrogen-bond acceptors (Lipinski definition) is 4. The molecule has 1 aliphatic carbocycles. The van der Waals surface area contributed by atoms with Gasteiger partial charge in [-0.05, 0) is 43.8 Å². The molecule has 0 unspecified atom stereocenters. The topological polar surface area (TPSA) is 92.8 Å². The number of hydrogen-bond donors (Lipinski definition) is 3. The van der Waals surface area contributed by atoms with E-state index >= 15 is 0 Å². The Kier molecular flexibility index (Phi) is 7.51. The third kappa shape index (κ3) is 5.86. The van der Waals surface area contributed by atoms with Gasteiger partial charge in [0.25, 0.3) is 0 Å². The van der Waals surface area contributed by atoms with E-state index < -0.39 is 12.1 Å². The predicted molar refractivity (Wildman–Crippen MR) is 77.4 cm³/mol. The molecule has 0 aliphatic heterocycles. The number of ether oxygens (including phenoxy) is 1. The number of allylic oxidation sites excluding steroid dienone is 2. The minimum Gasteiger partial charge on any atom is -0.481 e. The zero-order valence-corrected chi connectivity index (χ0v) is 12.0. The van der Waals surface area contributed by atoms with Gasteiger partial charge >= 0.3 is 5.97 Å². The molecule has 5 heteroatoms. The zero-order valence-electron chi connectivity index (χ0n) is 12.0. The third-order valence-corrected chi connectivity index (χ3v) is 3.38. The summed E-state index contributed by atoms with van der Waals surface area (Å²) in [6.45, 7) is 2.36. The van der Waals surface area contributed by atoms with Crippen LogP contribution in [-0.2, 0) is 9.53 Å². The number of carboxylic acid groups (broad SMARTS) is 1. The highest BCUT2D eigenvalue weighted by molar-refractivity contribution is 5.66. The van der Waals surface area contributed by atoms with Gasteiger partial charge in [-0.25, -0.2) is 0 Å². The fraction of sp³-hybridized carbons (Fsp3) is 0.667. The molecule has 0 aromatic carbocycles. The second-order valence-electron chi connectivity index (χ2n) is 5.08. The van der Waals surface area contributed by atoms with Gasteiger partial charge in [0.2, 0.25) is 0 Å². The lowest BCUT2D eigenvalue weighted by molar-refractivity contribution is -0.137. The van der Waals surface area contributed by atoms with E-state index in [1.807, 2.05) is 6.92 Å². The average Bonchev–Trinajstić information content (AvgIpc) is 2.44. The summed E-state index contributed by atoms with van der Waals surface area (Å²) in [7, 11) is 0. The lowest BCUT2D eigenvalue weighted by atomic mass is 9.90. The van der Waals surface area contributed by atoms with Crippen molar-refractivity contribution in [2.24, 2.45) is 5.73 Å². The van der Waals surface area contributed by atoms with Gasteiger partial charge in [0.15, 0.2) is 0 Å². The highest BCUT2D eigenvalue weighted by Crippen LogP contribution is 2.27. The average molecular weight is 283 g/mol. The van der Waals surface area contributed by atoms with Crippen LogP contribution >= 0.6 is 0 Å². The van der Waals surface area contributed by atoms with Crippen molar-refractivity contribution in [3.63, 3.8) is 0 Å². The fourth-order valence-corrected chi connectivity index (χ4v) is 2.26. The first kappa shape index (κ1) is 16.9. The molecule has 0 fully saturated rings. The van der Waals surface area contributed by atoms with Gasteiger partial charge in [-0.1, -0.05) is 12.2 Å². The Labute approximate surface area is 120 Å². The maximum Gasteiger partial charge on any atom is 0.303 e. The molecule has 0 radical (unpaired) electrons. The van der Waals surface area contributed by atoms with Gasteiger partial charge in [0, 0.05) is 13.0 Å². The third-order valence-electron chi connectivity index (χ3n) is 3.38. The normalized spacial score (nSPS) is 18.1. The second-order valence-corrected chi connectivity index (χ2v) is 5.08. The van der Waals surface area contributed by atoms with Crippen LogP contribution < -0.4 is 5.73 Å². The van der Waals surface area contributed by atoms with Crippen molar-refractivity contribution >= 4 is 5.97 Å². The van der Waals surface area contributed by atoms with Gasteiger partial charge in [-0.2, -0.15) is 0 Å². The summed E-state index contributed by atoms with van der Waals surface area (Å²) in [4.78, 5) is 10.6. The summed E-state index contributed by atoms with van der Waals surface area (Å²) in [5, 5.41) is 18.1. The van der Waals surface area contributed by atoms with Gasteiger partial charge in [0.05, 0.1) is 18.8 Å². The van der Waals surface area contributed by atoms with E-state index in [2.05, 4.69) is 12.2 Å². The Bertz CT molecular complexity index is 376. The molecule has 4 N–H and O–H groups in total. The number of aliphatic hydroxyl groups excluding tert-OH is 1. The van der Waals surface area contributed by atoms with Crippen molar-refractivity contribution in [2.75, 3.05) is 13.2 Å². The smallest absolute Gasteiger partial charge is 0.303 e. The van der Waals surface area contributed by atoms with Crippen molar-refractivity contribution in [3.8, 4) is 0 Å². The predicted octanol–water partition coefficient (Wildman–Crippen LogP) is 1.61. The number of carboxylic acids is 1. The van der Waals surface area contributed by atoms with Crippen LogP contribution in [0.4, 0.5) is 0 Å². The van der Waals surface area contributed by atoms with Gasteiger partial charge in [-0.15, -0.1) is 0 Å². The number of aliphatic hydroxyl groups is 1. The maximum absolute atomic E-state index is 10.6. The van der Waals surface area contributed by atoms with Crippen LogP contribution in [-0.4, -0.2) is 41.5 Å². The summed E-state index contributed by atoms with van der Waals surface area (Å²) >= 11 is 0. The van der Waals surface area contributed by atoms with Crippen LogP contribution in [0.1, 0.15) is 39.0 Å². The second kappa shape index (κ2) is 8.89. The molecule has 114 valence electrons. The molecule has 0 heterocycles. The Morgan fingerprint density at radius 1 is 1.45 bits per heavy atom.